The number of rotatable bonds is 5. The summed E-state index contributed by atoms with van der Waals surface area (Å²) >= 11 is 0. The molecule has 2 N–H and O–H groups in total. The van der Waals surface area contributed by atoms with Gasteiger partial charge in [0.1, 0.15) is 5.60 Å². The largest absolute Gasteiger partial charge is 0.465 e. The summed E-state index contributed by atoms with van der Waals surface area (Å²) in [5, 5.41) is 19.5. The second kappa shape index (κ2) is 7.94. The molecule has 1 heterocycles. The van der Waals surface area contributed by atoms with Gasteiger partial charge in [0.05, 0.1) is 31.4 Å². The molecular formula is C16H27NO7. The molecule has 1 amide bonds. The maximum absolute atomic E-state index is 12.5. The number of ketones is 1. The monoisotopic (exact) mass is 345 g/mol. The molecule has 0 saturated carbocycles. The van der Waals surface area contributed by atoms with Gasteiger partial charge in [-0.05, 0) is 34.1 Å². The zero-order chi connectivity index (χ0) is 18.7. The van der Waals surface area contributed by atoms with Gasteiger partial charge in [0, 0.05) is 12.8 Å². The fraction of sp³-hybridized carbons (Fsp3) is 0.812. The van der Waals surface area contributed by atoms with Crippen LogP contribution in [-0.2, 0) is 19.1 Å². The van der Waals surface area contributed by atoms with E-state index in [2.05, 4.69) is 0 Å². The molecular weight excluding hydrogens is 318 g/mol. The van der Waals surface area contributed by atoms with Crippen LogP contribution in [0.3, 0.4) is 0 Å². The Kier molecular flexibility index (Phi) is 6.74. The fourth-order valence-electron chi connectivity index (χ4n) is 2.90. The lowest BCUT2D eigenvalue weighted by molar-refractivity contribution is -0.143. The molecule has 0 aliphatic carbocycles. The number of Topliss-reactive ketones (excluding diaryl/α,β-unsaturated/α-hetero) is 1. The van der Waals surface area contributed by atoms with Crippen molar-refractivity contribution in [2.75, 3.05) is 13.2 Å². The highest BCUT2D eigenvalue weighted by atomic mass is 16.6. The summed E-state index contributed by atoms with van der Waals surface area (Å²) in [5.41, 5.74) is -0.777. The van der Waals surface area contributed by atoms with Gasteiger partial charge in [-0.2, -0.15) is 0 Å². The first kappa shape index (κ1) is 20.4. The third kappa shape index (κ3) is 5.17. The second-order valence-electron chi connectivity index (χ2n) is 7.05. The quantitative estimate of drug-likeness (QED) is 0.697. The first-order valence-electron chi connectivity index (χ1n) is 7.92. The molecule has 0 aromatic carbocycles. The Bertz CT molecular complexity index is 485. The number of carbonyl (C=O) groups is 3. The number of esters is 1. The van der Waals surface area contributed by atoms with Crippen LogP contribution in [0.4, 0.5) is 4.79 Å². The zero-order valence-electron chi connectivity index (χ0n) is 14.8. The molecule has 0 aromatic heterocycles. The molecule has 1 aliphatic heterocycles. The first-order chi connectivity index (χ1) is 11.0. The predicted molar refractivity (Wildman–Crippen MR) is 84.2 cm³/mol. The van der Waals surface area contributed by atoms with E-state index < -0.39 is 48.4 Å². The smallest absolute Gasteiger partial charge is 0.411 e. The molecule has 138 valence electrons. The third-order valence-electron chi connectivity index (χ3n) is 3.82. The van der Waals surface area contributed by atoms with E-state index in [0.29, 0.717) is 0 Å². The van der Waals surface area contributed by atoms with Crippen molar-refractivity contribution >= 4 is 17.8 Å². The van der Waals surface area contributed by atoms with Crippen LogP contribution < -0.4 is 0 Å². The summed E-state index contributed by atoms with van der Waals surface area (Å²) in [6.45, 7) is 7.02. The zero-order valence-corrected chi connectivity index (χ0v) is 14.8. The molecule has 1 aliphatic rings. The molecule has 1 saturated heterocycles. The normalized spacial score (nSPS) is 25.3. The molecule has 4 atom stereocenters. The molecule has 0 aromatic rings. The summed E-state index contributed by atoms with van der Waals surface area (Å²) in [7, 11) is 0. The number of aliphatic hydroxyl groups excluding tert-OH is 2. The lowest BCUT2D eigenvalue weighted by Gasteiger charge is -2.34. The van der Waals surface area contributed by atoms with E-state index >= 15 is 0 Å². The molecule has 8 heteroatoms. The molecule has 24 heavy (non-hydrogen) atoms. The average molecular weight is 345 g/mol. The van der Waals surface area contributed by atoms with Crippen LogP contribution >= 0.6 is 0 Å². The van der Waals surface area contributed by atoms with Crippen molar-refractivity contribution in [2.24, 2.45) is 5.92 Å². The molecule has 1 rings (SSSR count). The van der Waals surface area contributed by atoms with Crippen LogP contribution in [-0.4, -0.2) is 70.0 Å². The van der Waals surface area contributed by atoms with Crippen molar-refractivity contribution in [3.63, 3.8) is 0 Å². The first-order valence-corrected chi connectivity index (χ1v) is 7.92. The van der Waals surface area contributed by atoms with E-state index in [4.69, 9.17) is 9.47 Å². The number of ether oxygens (including phenoxy) is 2. The van der Waals surface area contributed by atoms with Gasteiger partial charge >= 0.3 is 12.1 Å². The lowest BCUT2D eigenvalue weighted by atomic mass is 9.95. The van der Waals surface area contributed by atoms with Crippen LogP contribution in [0.5, 0.6) is 0 Å². The van der Waals surface area contributed by atoms with Gasteiger partial charge in [-0.15, -0.1) is 0 Å². The SMILES string of the molecule is CC(=O)OC[C@@H]1C[C@H](C(C)=O)N(C(=O)OC(C)(C)C)[C@@H]1C(O)CO. The number of hydrogen-bond donors (Lipinski definition) is 2. The molecule has 0 spiro atoms. The highest BCUT2D eigenvalue weighted by Crippen LogP contribution is 2.34. The highest BCUT2D eigenvalue weighted by molar-refractivity contribution is 5.86. The van der Waals surface area contributed by atoms with Gasteiger partial charge in [-0.3, -0.25) is 14.5 Å². The summed E-state index contributed by atoms with van der Waals surface area (Å²) < 4.78 is 10.3. The van der Waals surface area contributed by atoms with E-state index in [0.717, 1.165) is 0 Å². The Balaban J connectivity index is 3.12. The van der Waals surface area contributed by atoms with Crippen LogP contribution in [0.25, 0.3) is 0 Å². The third-order valence-corrected chi connectivity index (χ3v) is 3.82. The van der Waals surface area contributed by atoms with Crippen LogP contribution in [0.1, 0.15) is 41.0 Å². The van der Waals surface area contributed by atoms with E-state index in [1.54, 1.807) is 20.8 Å². The number of likely N-dealkylation sites (tertiary alicyclic amines) is 1. The summed E-state index contributed by atoms with van der Waals surface area (Å²) in [4.78, 5) is 36.7. The standard InChI is InChI=1S/C16H27NO7/c1-9(19)12-6-11(8-23-10(2)20)14(13(21)7-18)17(12)15(22)24-16(3,4)5/h11-14,18,21H,6-8H2,1-5H3/t11-,12+,13?,14-/m0/s1. The van der Waals surface area contributed by atoms with E-state index in [1.807, 2.05) is 0 Å². The average Bonchev–Trinajstić information content (AvgIpc) is 2.82. The van der Waals surface area contributed by atoms with Crippen molar-refractivity contribution < 1.29 is 34.1 Å². The Hall–Kier alpha value is -1.67. The molecule has 1 fully saturated rings. The second-order valence-corrected chi connectivity index (χ2v) is 7.05. The minimum absolute atomic E-state index is 0.0554. The van der Waals surface area contributed by atoms with Crippen molar-refractivity contribution in [3.05, 3.63) is 0 Å². The molecule has 1 unspecified atom stereocenters. The van der Waals surface area contributed by atoms with Gasteiger partial charge in [0.15, 0.2) is 5.78 Å². The number of hydrogen-bond acceptors (Lipinski definition) is 7. The van der Waals surface area contributed by atoms with Crippen LogP contribution in [0.15, 0.2) is 0 Å². The van der Waals surface area contributed by atoms with Gasteiger partial charge in [0.25, 0.3) is 0 Å². The van der Waals surface area contributed by atoms with Crippen molar-refractivity contribution in [2.45, 2.75) is 64.8 Å². The van der Waals surface area contributed by atoms with Gasteiger partial charge in [-0.1, -0.05) is 0 Å². The number of nitrogens with zero attached hydrogens (tertiary/aromatic N) is 1. The predicted octanol–water partition coefficient (Wildman–Crippen LogP) is 0.486. The van der Waals surface area contributed by atoms with Crippen molar-refractivity contribution in [1.29, 1.82) is 0 Å². The van der Waals surface area contributed by atoms with Gasteiger partial charge in [0.2, 0.25) is 0 Å². The Morgan fingerprint density at radius 1 is 1.25 bits per heavy atom. The maximum Gasteiger partial charge on any atom is 0.411 e. The Morgan fingerprint density at radius 3 is 2.25 bits per heavy atom. The summed E-state index contributed by atoms with van der Waals surface area (Å²) in [5.74, 6) is -1.24. The van der Waals surface area contributed by atoms with Gasteiger partial charge in [-0.25, -0.2) is 4.79 Å². The lowest BCUT2D eigenvalue weighted by Crippen LogP contribution is -2.53. The maximum atomic E-state index is 12.5. The molecule has 8 nitrogen and oxygen atoms in total. The number of carbonyl (C=O) groups excluding carboxylic acids is 3. The van der Waals surface area contributed by atoms with Gasteiger partial charge < -0.3 is 19.7 Å². The van der Waals surface area contributed by atoms with Crippen LogP contribution in [0.2, 0.25) is 0 Å². The Morgan fingerprint density at radius 2 is 1.83 bits per heavy atom. The van der Waals surface area contributed by atoms with E-state index in [1.165, 1.54) is 18.7 Å². The Labute approximate surface area is 141 Å². The summed E-state index contributed by atoms with van der Waals surface area (Å²) in [6, 6.07) is -1.68. The van der Waals surface area contributed by atoms with E-state index in [9.17, 15) is 24.6 Å². The van der Waals surface area contributed by atoms with Crippen molar-refractivity contribution in [1.82, 2.24) is 4.90 Å². The molecule has 0 radical (unpaired) electrons. The summed E-state index contributed by atoms with van der Waals surface area (Å²) in [6.07, 6.45) is -1.79. The highest BCUT2D eigenvalue weighted by Gasteiger charge is 2.50. The van der Waals surface area contributed by atoms with E-state index in [-0.39, 0.29) is 18.8 Å². The minimum Gasteiger partial charge on any atom is -0.465 e. The number of aliphatic hydroxyl groups is 2. The number of amides is 1. The molecule has 0 bridgehead atoms. The fourth-order valence-corrected chi connectivity index (χ4v) is 2.90. The van der Waals surface area contributed by atoms with Crippen molar-refractivity contribution in [3.8, 4) is 0 Å². The van der Waals surface area contributed by atoms with Crippen LogP contribution in [0, 0.1) is 5.92 Å². The topological polar surface area (TPSA) is 113 Å². The minimum atomic E-state index is -1.28.